The average molecular weight is 399 g/mol. The fourth-order valence-corrected chi connectivity index (χ4v) is 3.31. The van der Waals surface area contributed by atoms with Crippen molar-refractivity contribution in [2.75, 3.05) is 18.5 Å². The number of halogens is 2. The van der Waals surface area contributed by atoms with E-state index in [0.29, 0.717) is 41.8 Å². The number of alkyl halides is 1. The van der Waals surface area contributed by atoms with Gasteiger partial charge in [-0.05, 0) is 26.3 Å². The maximum atomic E-state index is 14.5. The van der Waals surface area contributed by atoms with Crippen molar-refractivity contribution in [1.82, 2.24) is 14.6 Å². The van der Waals surface area contributed by atoms with E-state index in [9.17, 15) is 9.18 Å². The van der Waals surface area contributed by atoms with E-state index in [1.165, 1.54) is 20.8 Å². The van der Waals surface area contributed by atoms with Gasteiger partial charge in [0.25, 0.3) is 0 Å². The Bertz CT molecular complexity index is 836. The molecule has 0 spiro atoms. The summed E-state index contributed by atoms with van der Waals surface area (Å²) in [6.07, 6.45) is 1.82. The lowest BCUT2D eigenvalue weighted by Gasteiger charge is -2.31. The Labute approximate surface area is 162 Å². The lowest BCUT2D eigenvalue weighted by molar-refractivity contribution is -0.153. The van der Waals surface area contributed by atoms with Crippen LogP contribution in [0, 0.1) is 0 Å². The molecule has 3 rings (SSSR count). The SMILES string of the molecule is CC(=O)O[C@@H]1COCC[C@H]1Nc1ncc2c(Cl)cc(C(C)C(C)(C)F)n2n1. The summed E-state index contributed by atoms with van der Waals surface area (Å²) < 4.78 is 26.8. The van der Waals surface area contributed by atoms with Crippen molar-refractivity contribution in [2.45, 2.75) is 57.8 Å². The van der Waals surface area contributed by atoms with Crippen LogP contribution in [0.15, 0.2) is 12.3 Å². The minimum Gasteiger partial charge on any atom is -0.458 e. The molecule has 1 unspecified atom stereocenters. The monoisotopic (exact) mass is 398 g/mol. The highest BCUT2D eigenvalue weighted by Gasteiger charge is 2.31. The molecule has 1 N–H and O–H groups in total. The summed E-state index contributed by atoms with van der Waals surface area (Å²) in [6, 6.07) is 1.54. The van der Waals surface area contributed by atoms with Crippen molar-refractivity contribution in [1.29, 1.82) is 0 Å². The fraction of sp³-hybridized carbons (Fsp3) is 0.611. The summed E-state index contributed by atoms with van der Waals surface area (Å²) in [6.45, 7) is 7.07. The second-order valence-corrected chi connectivity index (χ2v) is 7.75. The first kappa shape index (κ1) is 19.8. The molecule has 0 aliphatic carbocycles. The van der Waals surface area contributed by atoms with Gasteiger partial charge in [-0.15, -0.1) is 5.10 Å². The van der Waals surface area contributed by atoms with Crippen LogP contribution in [0.25, 0.3) is 5.52 Å². The lowest BCUT2D eigenvalue weighted by atomic mass is 9.92. The molecule has 3 atom stereocenters. The number of fused-ring (bicyclic) bond motifs is 1. The zero-order valence-corrected chi connectivity index (χ0v) is 16.6. The van der Waals surface area contributed by atoms with E-state index in [4.69, 9.17) is 21.1 Å². The van der Waals surface area contributed by atoms with Crippen molar-refractivity contribution < 1.29 is 18.7 Å². The van der Waals surface area contributed by atoms with E-state index in [2.05, 4.69) is 15.4 Å². The van der Waals surface area contributed by atoms with Gasteiger partial charge in [0.2, 0.25) is 5.95 Å². The number of nitrogens with zero attached hydrogens (tertiary/aromatic N) is 3. The molecule has 1 aliphatic heterocycles. The van der Waals surface area contributed by atoms with Crippen molar-refractivity contribution in [3.05, 3.63) is 23.0 Å². The fourth-order valence-electron chi connectivity index (χ4n) is 3.07. The Balaban J connectivity index is 1.90. The molecule has 27 heavy (non-hydrogen) atoms. The third-order valence-corrected chi connectivity index (χ3v) is 5.21. The first-order chi connectivity index (χ1) is 12.7. The summed E-state index contributed by atoms with van der Waals surface area (Å²) in [5.74, 6) is -0.437. The van der Waals surface area contributed by atoms with Crippen LogP contribution in [0.4, 0.5) is 10.3 Å². The number of carbonyl (C=O) groups excluding carboxylic acids is 1. The van der Waals surface area contributed by atoms with E-state index in [1.54, 1.807) is 23.7 Å². The Kier molecular flexibility index (Phi) is 5.58. The van der Waals surface area contributed by atoms with Crippen molar-refractivity contribution >= 4 is 29.0 Å². The van der Waals surface area contributed by atoms with E-state index in [1.807, 2.05) is 0 Å². The third-order valence-electron chi connectivity index (χ3n) is 4.91. The van der Waals surface area contributed by atoms with Gasteiger partial charge in [-0.2, -0.15) is 0 Å². The van der Waals surface area contributed by atoms with Gasteiger partial charge in [-0.1, -0.05) is 18.5 Å². The first-order valence-corrected chi connectivity index (χ1v) is 9.29. The van der Waals surface area contributed by atoms with Crippen LogP contribution in [0.2, 0.25) is 5.02 Å². The molecule has 9 heteroatoms. The molecular formula is C18H24ClFN4O3. The number of carbonyl (C=O) groups is 1. The van der Waals surface area contributed by atoms with Crippen molar-refractivity contribution in [3.63, 3.8) is 0 Å². The molecule has 1 saturated heterocycles. The van der Waals surface area contributed by atoms with Crippen LogP contribution >= 0.6 is 11.6 Å². The largest absolute Gasteiger partial charge is 0.458 e. The number of aromatic nitrogens is 3. The van der Waals surface area contributed by atoms with Crippen molar-refractivity contribution in [2.24, 2.45) is 0 Å². The van der Waals surface area contributed by atoms with Gasteiger partial charge in [-0.25, -0.2) is 13.9 Å². The molecule has 148 valence electrons. The Morgan fingerprint density at radius 1 is 1.56 bits per heavy atom. The summed E-state index contributed by atoms with van der Waals surface area (Å²) in [4.78, 5) is 15.6. The van der Waals surface area contributed by atoms with E-state index in [0.717, 1.165) is 0 Å². The number of anilines is 1. The van der Waals surface area contributed by atoms with Crippen molar-refractivity contribution in [3.8, 4) is 0 Å². The zero-order chi connectivity index (χ0) is 19.8. The molecule has 3 heterocycles. The lowest BCUT2D eigenvalue weighted by Crippen LogP contribution is -2.44. The predicted octanol–water partition coefficient (Wildman–Crippen LogP) is 3.37. The van der Waals surface area contributed by atoms with Crippen LogP contribution in [0.5, 0.6) is 0 Å². The summed E-state index contributed by atoms with van der Waals surface area (Å²) in [5, 5.41) is 8.17. The van der Waals surface area contributed by atoms with Gasteiger partial charge in [0.15, 0.2) is 0 Å². The highest BCUT2D eigenvalue weighted by Crippen LogP contribution is 2.34. The van der Waals surface area contributed by atoms with Gasteiger partial charge in [0.1, 0.15) is 17.3 Å². The molecule has 1 aliphatic rings. The van der Waals surface area contributed by atoms with Crippen LogP contribution in [-0.4, -0.2) is 51.6 Å². The topological polar surface area (TPSA) is 77.8 Å². The molecule has 0 amide bonds. The minimum absolute atomic E-state index is 0.176. The van der Waals surface area contributed by atoms with Crippen LogP contribution in [0.3, 0.4) is 0 Å². The van der Waals surface area contributed by atoms with E-state index in [-0.39, 0.29) is 12.0 Å². The van der Waals surface area contributed by atoms with E-state index >= 15 is 0 Å². The third kappa shape index (κ3) is 4.32. The number of hydrogen-bond donors (Lipinski definition) is 1. The Morgan fingerprint density at radius 2 is 2.30 bits per heavy atom. The predicted molar refractivity (Wildman–Crippen MR) is 100.0 cm³/mol. The number of ether oxygens (including phenoxy) is 2. The maximum Gasteiger partial charge on any atom is 0.303 e. The molecule has 2 aromatic heterocycles. The molecule has 0 radical (unpaired) electrons. The molecule has 2 aromatic rings. The quantitative estimate of drug-likeness (QED) is 0.778. The minimum atomic E-state index is -1.43. The smallest absolute Gasteiger partial charge is 0.303 e. The van der Waals surface area contributed by atoms with Gasteiger partial charge >= 0.3 is 5.97 Å². The van der Waals surface area contributed by atoms with E-state index < -0.39 is 17.7 Å². The molecule has 1 fully saturated rings. The zero-order valence-electron chi connectivity index (χ0n) is 15.8. The molecular weight excluding hydrogens is 375 g/mol. The number of hydrogen-bond acceptors (Lipinski definition) is 6. The van der Waals surface area contributed by atoms with Crippen LogP contribution < -0.4 is 5.32 Å². The summed E-state index contributed by atoms with van der Waals surface area (Å²) in [5.41, 5.74) is -0.162. The first-order valence-electron chi connectivity index (χ1n) is 8.91. The number of rotatable bonds is 5. The Hall–Kier alpha value is -1.93. The summed E-state index contributed by atoms with van der Waals surface area (Å²) in [7, 11) is 0. The second kappa shape index (κ2) is 7.59. The standard InChI is InChI=1S/C18H24ClFN4O3/c1-10(18(3,4)20)14-7-12(19)15-8-21-17(23-24(14)15)22-13-5-6-26-9-16(13)27-11(2)25/h7-8,10,13,16H,5-6,9H2,1-4H3,(H,22,23)/t10?,13-,16-/m1/s1. The normalized spacial score (nSPS) is 21.9. The van der Waals surface area contributed by atoms with Gasteiger partial charge in [0, 0.05) is 19.4 Å². The molecule has 0 aromatic carbocycles. The molecule has 0 bridgehead atoms. The highest BCUT2D eigenvalue weighted by atomic mass is 35.5. The van der Waals surface area contributed by atoms with Crippen LogP contribution in [-0.2, 0) is 14.3 Å². The van der Waals surface area contributed by atoms with Gasteiger partial charge < -0.3 is 14.8 Å². The highest BCUT2D eigenvalue weighted by molar-refractivity contribution is 6.34. The summed E-state index contributed by atoms with van der Waals surface area (Å²) >= 11 is 6.28. The second-order valence-electron chi connectivity index (χ2n) is 7.34. The molecule has 0 saturated carbocycles. The van der Waals surface area contributed by atoms with Gasteiger partial charge in [0.05, 0.1) is 29.6 Å². The van der Waals surface area contributed by atoms with Gasteiger partial charge in [-0.3, -0.25) is 4.79 Å². The maximum absolute atomic E-state index is 14.5. The number of nitrogens with one attached hydrogen (secondary N) is 1. The average Bonchev–Trinajstić information content (AvgIpc) is 2.91. The van der Waals surface area contributed by atoms with Crippen LogP contribution in [0.1, 0.15) is 45.7 Å². The Morgan fingerprint density at radius 3 is 2.96 bits per heavy atom. The molecule has 7 nitrogen and oxygen atoms in total. The number of esters is 1.